The Morgan fingerprint density at radius 3 is 3.27 bits per heavy atom. The Hall–Kier alpha value is -0.870. The Morgan fingerprint density at radius 2 is 2.53 bits per heavy atom. The SMILES string of the molecule is CNCc1cnc(C2CCCN(C)C2)o1. The summed E-state index contributed by atoms with van der Waals surface area (Å²) >= 11 is 0. The molecule has 0 radical (unpaired) electrons. The standard InChI is InChI=1S/C11H19N3O/c1-12-6-10-7-13-11(15-10)9-4-3-5-14(2)8-9/h7,9,12H,3-6,8H2,1-2H3. The van der Waals surface area contributed by atoms with E-state index >= 15 is 0 Å². The first-order chi connectivity index (χ1) is 7.29. The van der Waals surface area contributed by atoms with E-state index in [0.717, 1.165) is 24.7 Å². The summed E-state index contributed by atoms with van der Waals surface area (Å²) in [5.41, 5.74) is 0. The summed E-state index contributed by atoms with van der Waals surface area (Å²) in [5.74, 6) is 2.32. The number of nitrogens with zero attached hydrogens (tertiary/aromatic N) is 2. The van der Waals surface area contributed by atoms with E-state index in [1.165, 1.54) is 19.4 Å². The van der Waals surface area contributed by atoms with Crippen LogP contribution in [0.1, 0.15) is 30.4 Å². The van der Waals surface area contributed by atoms with Gasteiger partial charge in [0.2, 0.25) is 0 Å². The predicted octanol–water partition coefficient (Wildman–Crippen LogP) is 1.20. The zero-order chi connectivity index (χ0) is 10.7. The van der Waals surface area contributed by atoms with Crippen molar-refractivity contribution in [3.63, 3.8) is 0 Å². The molecule has 1 saturated heterocycles. The average Bonchev–Trinajstić information content (AvgIpc) is 2.67. The van der Waals surface area contributed by atoms with Crippen LogP contribution in [0.5, 0.6) is 0 Å². The molecule has 1 aromatic heterocycles. The van der Waals surface area contributed by atoms with Crippen LogP contribution < -0.4 is 5.32 Å². The molecule has 0 saturated carbocycles. The molecule has 1 fully saturated rings. The number of rotatable bonds is 3. The molecule has 2 heterocycles. The molecule has 0 aliphatic carbocycles. The van der Waals surface area contributed by atoms with Crippen LogP contribution in [0, 0.1) is 0 Å². The largest absolute Gasteiger partial charge is 0.444 e. The summed E-state index contributed by atoms with van der Waals surface area (Å²) in [6.07, 6.45) is 4.27. The smallest absolute Gasteiger partial charge is 0.198 e. The van der Waals surface area contributed by atoms with Crippen LogP contribution >= 0.6 is 0 Å². The second-order valence-electron chi connectivity index (χ2n) is 4.30. The average molecular weight is 209 g/mol. The number of likely N-dealkylation sites (tertiary alicyclic amines) is 1. The lowest BCUT2D eigenvalue weighted by atomic mass is 9.99. The van der Waals surface area contributed by atoms with Crippen molar-refractivity contribution >= 4 is 0 Å². The fourth-order valence-electron chi connectivity index (χ4n) is 2.14. The summed E-state index contributed by atoms with van der Waals surface area (Å²) in [7, 11) is 4.07. The van der Waals surface area contributed by atoms with E-state index in [0.29, 0.717) is 5.92 Å². The lowest BCUT2D eigenvalue weighted by molar-refractivity contribution is 0.228. The molecule has 1 aromatic rings. The lowest BCUT2D eigenvalue weighted by Gasteiger charge is -2.27. The van der Waals surface area contributed by atoms with Gasteiger partial charge in [0.15, 0.2) is 5.89 Å². The van der Waals surface area contributed by atoms with Gasteiger partial charge in [-0.1, -0.05) is 0 Å². The monoisotopic (exact) mass is 209 g/mol. The highest BCUT2D eigenvalue weighted by Crippen LogP contribution is 2.25. The molecule has 84 valence electrons. The number of piperidine rings is 1. The molecule has 2 rings (SSSR count). The second kappa shape index (κ2) is 4.77. The second-order valence-corrected chi connectivity index (χ2v) is 4.30. The molecule has 1 N–H and O–H groups in total. The number of aromatic nitrogens is 1. The molecule has 4 heteroatoms. The van der Waals surface area contributed by atoms with Crippen molar-refractivity contribution in [2.75, 3.05) is 27.2 Å². The molecular formula is C11H19N3O. The minimum absolute atomic E-state index is 0.481. The van der Waals surface area contributed by atoms with Gasteiger partial charge in [0.25, 0.3) is 0 Å². The zero-order valence-electron chi connectivity index (χ0n) is 9.49. The van der Waals surface area contributed by atoms with Gasteiger partial charge in [0, 0.05) is 12.5 Å². The maximum Gasteiger partial charge on any atom is 0.198 e. The van der Waals surface area contributed by atoms with Gasteiger partial charge in [-0.2, -0.15) is 0 Å². The minimum Gasteiger partial charge on any atom is -0.444 e. The van der Waals surface area contributed by atoms with Gasteiger partial charge in [0.1, 0.15) is 5.76 Å². The molecule has 0 amide bonds. The van der Waals surface area contributed by atoms with Crippen LogP contribution in [0.15, 0.2) is 10.6 Å². The zero-order valence-corrected chi connectivity index (χ0v) is 9.49. The maximum atomic E-state index is 5.71. The van der Waals surface area contributed by atoms with E-state index in [4.69, 9.17) is 4.42 Å². The van der Waals surface area contributed by atoms with Crippen molar-refractivity contribution in [3.05, 3.63) is 17.8 Å². The van der Waals surface area contributed by atoms with Crippen molar-refractivity contribution in [2.24, 2.45) is 0 Å². The van der Waals surface area contributed by atoms with E-state index in [9.17, 15) is 0 Å². The lowest BCUT2D eigenvalue weighted by Crippen LogP contribution is -2.30. The molecule has 0 spiro atoms. The van der Waals surface area contributed by atoms with Crippen molar-refractivity contribution in [3.8, 4) is 0 Å². The Morgan fingerprint density at radius 1 is 1.67 bits per heavy atom. The molecule has 1 aliphatic rings. The molecule has 4 nitrogen and oxygen atoms in total. The van der Waals surface area contributed by atoms with Gasteiger partial charge < -0.3 is 14.6 Å². The van der Waals surface area contributed by atoms with Gasteiger partial charge in [-0.15, -0.1) is 0 Å². The summed E-state index contributed by atoms with van der Waals surface area (Å²) in [6, 6.07) is 0. The van der Waals surface area contributed by atoms with Crippen molar-refractivity contribution in [1.29, 1.82) is 0 Å². The van der Waals surface area contributed by atoms with E-state index in [1.807, 2.05) is 13.2 Å². The Bertz CT molecular complexity index is 311. The van der Waals surface area contributed by atoms with Crippen molar-refractivity contribution < 1.29 is 4.42 Å². The van der Waals surface area contributed by atoms with Crippen LogP contribution in [-0.2, 0) is 6.54 Å². The molecule has 1 unspecified atom stereocenters. The van der Waals surface area contributed by atoms with Crippen LogP contribution in [0.2, 0.25) is 0 Å². The highest BCUT2D eigenvalue weighted by Gasteiger charge is 2.22. The van der Waals surface area contributed by atoms with Crippen LogP contribution in [0.4, 0.5) is 0 Å². The van der Waals surface area contributed by atoms with Crippen molar-refractivity contribution in [1.82, 2.24) is 15.2 Å². The van der Waals surface area contributed by atoms with Crippen LogP contribution in [0.3, 0.4) is 0 Å². The van der Waals surface area contributed by atoms with Gasteiger partial charge >= 0.3 is 0 Å². The molecule has 1 aliphatic heterocycles. The van der Waals surface area contributed by atoms with E-state index in [-0.39, 0.29) is 0 Å². The quantitative estimate of drug-likeness (QED) is 0.812. The Labute approximate surface area is 90.7 Å². The van der Waals surface area contributed by atoms with Crippen LogP contribution in [-0.4, -0.2) is 37.1 Å². The topological polar surface area (TPSA) is 41.3 Å². The fourth-order valence-corrected chi connectivity index (χ4v) is 2.14. The van der Waals surface area contributed by atoms with Gasteiger partial charge in [0.05, 0.1) is 12.7 Å². The van der Waals surface area contributed by atoms with E-state index < -0.39 is 0 Å². The summed E-state index contributed by atoms with van der Waals surface area (Å²) < 4.78 is 5.71. The summed E-state index contributed by atoms with van der Waals surface area (Å²) in [4.78, 5) is 6.70. The first-order valence-corrected chi connectivity index (χ1v) is 5.57. The van der Waals surface area contributed by atoms with E-state index in [1.54, 1.807) is 0 Å². The fraction of sp³-hybridized carbons (Fsp3) is 0.727. The third kappa shape index (κ3) is 2.58. The minimum atomic E-state index is 0.481. The summed E-state index contributed by atoms with van der Waals surface area (Å²) in [5, 5.41) is 3.06. The number of likely N-dealkylation sites (N-methyl/N-ethyl adjacent to an activating group) is 1. The highest BCUT2D eigenvalue weighted by molar-refractivity contribution is 5.00. The molecule has 0 aromatic carbocycles. The molecule has 0 bridgehead atoms. The molecular weight excluding hydrogens is 190 g/mol. The Kier molecular flexibility index (Phi) is 3.38. The predicted molar refractivity (Wildman–Crippen MR) is 58.7 cm³/mol. The Balaban J connectivity index is 2.01. The number of oxazole rings is 1. The van der Waals surface area contributed by atoms with Gasteiger partial charge in [-0.3, -0.25) is 0 Å². The van der Waals surface area contributed by atoms with Gasteiger partial charge in [-0.25, -0.2) is 4.98 Å². The van der Waals surface area contributed by atoms with Crippen molar-refractivity contribution in [2.45, 2.75) is 25.3 Å². The molecule has 1 atom stereocenters. The number of hydrogen-bond donors (Lipinski definition) is 1. The highest BCUT2D eigenvalue weighted by atomic mass is 16.4. The number of nitrogens with one attached hydrogen (secondary N) is 1. The number of hydrogen-bond acceptors (Lipinski definition) is 4. The first kappa shape index (κ1) is 10.6. The van der Waals surface area contributed by atoms with Crippen LogP contribution in [0.25, 0.3) is 0 Å². The third-order valence-electron chi connectivity index (χ3n) is 2.90. The summed E-state index contributed by atoms with van der Waals surface area (Å²) in [6.45, 7) is 3.02. The third-order valence-corrected chi connectivity index (χ3v) is 2.90. The first-order valence-electron chi connectivity index (χ1n) is 5.57. The molecule has 15 heavy (non-hydrogen) atoms. The van der Waals surface area contributed by atoms with E-state index in [2.05, 4.69) is 22.2 Å². The maximum absolute atomic E-state index is 5.71. The van der Waals surface area contributed by atoms with Gasteiger partial charge in [-0.05, 0) is 33.5 Å². The normalized spacial score (nSPS) is 23.2.